The number of carbonyl (C=O) groups excluding carboxylic acids is 1. The molecule has 0 spiro atoms. The zero-order valence-electron chi connectivity index (χ0n) is 10.2. The van der Waals surface area contributed by atoms with Crippen molar-refractivity contribution in [2.24, 2.45) is 0 Å². The zero-order chi connectivity index (χ0) is 13.1. The first-order valence-corrected chi connectivity index (χ1v) is 7.22. The number of hydrogen-bond acceptors (Lipinski definition) is 2. The number of aryl methyl sites for hydroxylation is 1. The number of Topliss-reactive ketones (excluding diaryl/α,β-unsaturated/α-hetero) is 1. The maximum atomic E-state index is 11.3. The monoisotopic (exact) mass is 320 g/mol. The van der Waals surface area contributed by atoms with Gasteiger partial charge in [0.15, 0.2) is 5.78 Å². The Hall–Kier alpha value is -1.06. The molecule has 18 heavy (non-hydrogen) atoms. The smallest absolute Gasteiger partial charge is 0.160 e. The Balaban J connectivity index is 2.25. The number of ketones is 1. The summed E-state index contributed by atoms with van der Waals surface area (Å²) < 4.78 is 0.854. The van der Waals surface area contributed by atoms with Crippen LogP contribution < -0.4 is 0 Å². The predicted molar refractivity (Wildman–Crippen MR) is 79.4 cm³/mol. The SMILES string of the molecule is CC(=O)c1ccc(Sc2cccc(C)c2)cc1Br. The maximum absolute atomic E-state index is 11.3. The quantitative estimate of drug-likeness (QED) is 0.731. The van der Waals surface area contributed by atoms with Crippen LogP contribution in [-0.4, -0.2) is 5.78 Å². The predicted octanol–water partition coefficient (Wildman–Crippen LogP) is 5.11. The van der Waals surface area contributed by atoms with E-state index in [0.29, 0.717) is 0 Å². The van der Waals surface area contributed by atoms with E-state index in [1.165, 1.54) is 10.5 Å². The number of halogens is 1. The van der Waals surface area contributed by atoms with Crippen molar-refractivity contribution in [1.82, 2.24) is 0 Å². The van der Waals surface area contributed by atoms with E-state index in [2.05, 4.69) is 47.1 Å². The molecule has 0 unspecified atom stereocenters. The molecule has 0 radical (unpaired) electrons. The fraction of sp³-hybridized carbons (Fsp3) is 0.133. The molecule has 0 atom stereocenters. The lowest BCUT2D eigenvalue weighted by Crippen LogP contribution is -1.93. The average molecular weight is 321 g/mol. The van der Waals surface area contributed by atoms with Crippen LogP contribution in [0.2, 0.25) is 0 Å². The summed E-state index contributed by atoms with van der Waals surface area (Å²) in [6, 6.07) is 14.2. The first-order valence-electron chi connectivity index (χ1n) is 5.61. The molecule has 0 heterocycles. The molecule has 0 aliphatic carbocycles. The van der Waals surface area contributed by atoms with Crippen molar-refractivity contribution >= 4 is 33.5 Å². The van der Waals surface area contributed by atoms with Crippen LogP contribution in [0, 0.1) is 6.92 Å². The van der Waals surface area contributed by atoms with Gasteiger partial charge in [-0.2, -0.15) is 0 Å². The van der Waals surface area contributed by atoms with Crippen molar-refractivity contribution in [1.29, 1.82) is 0 Å². The van der Waals surface area contributed by atoms with Crippen LogP contribution in [0.5, 0.6) is 0 Å². The van der Waals surface area contributed by atoms with Crippen molar-refractivity contribution in [3.8, 4) is 0 Å². The Labute approximate surface area is 120 Å². The van der Waals surface area contributed by atoms with E-state index >= 15 is 0 Å². The van der Waals surface area contributed by atoms with Crippen molar-refractivity contribution < 1.29 is 4.79 Å². The van der Waals surface area contributed by atoms with Gasteiger partial charge in [-0.25, -0.2) is 0 Å². The highest BCUT2D eigenvalue weighted by Gasteiger charge is 2.06. The first kappa shape index (κ1) is 13.4. The standard InChI is InChI=1S/C15H13BrOS/c1-10-4-3-5-12(8-10)18-13-6-7-14(11(2)17)15(16)9-13/h3-9H,1-2H3. The molecule has 2 rings (SSSR count). The molecule has 0 aliphatic heterocycles. The Morgan fingerprint density at radius 1 is 1.11 bits per heavy atom. The molecule has 3 heteroatoms. The largest absolute Gasteiger partial charge is 0.294 e. The molecule has 0 N–H and O–H groups in total. The van der Waals surface area contributed by atoms with Crippen molar-refractivity contribution in [3.63, 3.8) is 0 Å². The van der Waals surface area contributed by atoms with Gasteiger partial charge < -0.3 is 0 Å². The molecule has 2 aromatic carbocycles. The average Bonchev–Trinajstić information content (AvgIpc) is 2.28. The highest BCUT2D eigenvalue weighted by molar-refractivity contribution is 9.10. The summed E-state index contributed by atoms with van der Waals surface area (Å²) in [6.07, 6.45) is 0. The molecule has 2 aromatic rings. The maximum Gasteiger partial charge on any atom is 0.160 e. The molecule has 92 valence electrons. The molecular weight excluding hydrogens is 308 g/mol. The van der Waals surface area contributed by atoms with Gasteiger partial charge in [-0.3, -0.25) is 4.79 Å². The molecule has 0 aliphatic rings. The lowest BCUT2D eigenvalue weighted by molar-refractivity contribution is 0.101. The van der Waals surface area contributed by atoms with Crippen LogP contribution in [-0.2, 0) is 0 Å². The van der Waals surface area contributed by atoms with Gasteiger partial charge >= 0.3 is 0 Å². The van der Waals surface area contributed by atoms with Gasteiger partial charge in [-0.15, -0.1) is 0 Å². The number of benzene rings is 2. The molecule has 0 bridgehead atoms. The number of rotatable bonds is 3. The van der Waals surface area contributed by atoms with Crippen LogP contribution >= 0.6 is 27.7 Å². The van der Waals surface area contributed by atoms with Gasteiger partial charge in [-0.1, -0.05) is 45.4 Å². The molecular formula is C15H13BrOS. The third-order valence-electron chi connectivity index (χ3n) is 2.55. The van der Waals surface area contributed by atoms with E-state index in [-0.39, 0.29) is 5.78 Å². The van der Waals surface area contributed by atoms with Gasteiger partial charge in [0.25, 0.3) is 0 Å². The van der Waals surface area contributed by atoms with Crippen LogP contribution in [0.15, 0.2) is 56.7 Å². The van der Waals surface area contributed by atoms with E-state index in [1.54, 1.807) is 18.7 Å². The zero-order valence-corrected chi connectivity index (χ0v) is 12.6. The van der Waals surface area contributed by atoms with E-state index in [4.69, 9.17) is 0 Å². The van der Waals surface area contributed by atoms with Gasteiger partial charge in [0, 0.05) is 19.8 Å². The van der Waals surface area contributed by atoms with Crippen LogP contribution in [0.1, 0.15) is 22.8 Å². The number of hydrogen-bond donors (Lipinski definition) is 0. The fourth-order valence-corrected chi connectivity index (χ4v) is 3.45. The Kier molecular flexibility index (Phi) is 4.25. The van der Waals surface area contributed by atoms with Crippen molar-refractivity contribution in [2.45, 2.75) is 23.6 Å². The van der Waals surface area contributed by atoms with Crippen molar-refractivity contribution in [2.75, 3.05) is 0 Å². The highest BCUT2D eigenvalue weighted by Crippen LogP contribution is 2.31. The third-order valence-corrected chi connectivity index (χ3v) is 4.18. The summed E-state index contributed by atoms with van der Waals surface area (Å²) in [5.41, 5.74) is 1.98. The molecule has 0 saturated heterocycles. The number of carbonyl (C=O) groups is 1. The minimum atomic E-state index is 0.0778. The van der Waals surface area contributed by atoms with Gasteiger partial charge in [-0.05, 0) is 44.2 Å². The van der Waals surface area contributed by atoms with E-state index < -0.39 is 0 Å². The van der Waals surface area contributed by atoms with E-state index in [9.17, 15) is 4.79 Å². The Morgan fingerprint density at radius 2 is 1.83 bits per heavy atom. The molecule has 0 amide bonds. The van der Waals surface area contributed by atoms with Gasteiger partial charge in [0.2, 0.25) is 0 Å². The molecule has 0 fully saturated rings. The van der Waals surface area contributed by atoms with Gasteiger partial charge in [0.05, 0.1) is 0 Å². The first-order chi connectivity index (χ1) is 8.56. The summed E-state index contributed by atoms with van der Waals surface area (Å²) in [7, 11) is 0. The molecule has 1 nitrogen and oxygen atoms in total. The minimum Gasteiger partial charge on any atom is -0.294 e. The van der Waals surface area contributed by atoms with E-state index in [1.807, 2.05) is 18.2 Å². The lowest BCUT2D eigenvalue weighted by Gasteiger charge is -2.05. The highest BCUT2D eigenvalue weighted by atomic mass is 79.9. The lowest BCUT2D eigenvalue weighted by atomic mass is 10.1. The van der Waals surface area contributed by atoms with Crippen LogP contribution in [0.4, 0.5) is 0 Å². The molecule has 0 aromatic heterocycles. The Morgan fingerprint density at radius 3 is 2.44 bits per heavy atom. The van der Waals surface area contributed by atoms with Crippen LogP contribution in [0.25, 0.3) is 0 Å². The van der Waals surface area contributed by atoms with Crippen molar-refractivity contribution in [3.05, 3.63) is 58.1 Å². The second kappa shape index (κ2) is 5.72. The van der Waals surface area contributed by atoms with E-state index in [0.717, 1.165) is 14.9 Å². The normalized spacial score (nSPS) is 10.4. The Bertz CT molecular complexity index is 593. The summed E-state index contributed by atoms with van der Waals surface area (Å²) in [6.45, 7) is 3.66. The summed E-state index contributed by atoms with van der Waals surface area (Å²) in [5.74, 6) is 0.0778. The second-order valence-electron chi connectivity index (χ2n) is 4.12. The summed E-state index contributed by atoms with van der Waals surface area (Å²) in [4.78, 5) is 13.7. The molecule has 0 saturated carbocycles. The summed E-state index contributed by atoms with van der Waals surface area (Å²) >= 11 is 5.14. The fourth-order valence-electron chi connectivity index (χ4n) is 1.66. The van der Waals surface area contributed by atoms with Crippen LogP contribution in [0.3, 0.4) is 0 Å². The topological polar surface area (TPSA) is 17.1 Å². The van der Waals surface area contributed by atoms with Gasteiger partial charge in [0.1, 0.15) is 0 Å². The second-order valence-corrected chi connectivity index (χ2v) is 6.12. The summed E-state index contributed by atoms with van der Waals surface area (Å²) in [5, 5.41) is 0. The minimum absolute atomic E-state index is 0.0778. The third kappa shape index (κ3) is 3.24.